The molecule has 1 fully saturated rings. The van der Waals surface area contributed by atoms with E-state index in [1.54, 1.807) is 0 Å². The van der Waals surface area contributed by atoms with Gasteiger partial charge < -0.3 is 5.32 Å². The van der Waals surface area contributed by atoms with Gasteiger partial charge >= 0.3 is 0 Å². The zero-order chi connectivity index (χ0) is 14.4. The first-order chi connectivity index (χ1) is 9.62. The van der Waals surface area contributed by atoms with Crippen molar-refractivity contribution in [2.24, 2.45) is 11.3 Å². The first-order valence-electron chi connectivity index (χ1n) is 7.94. The van der Waals surface area contributed by atoms with Crippen LogP contribution in [-0.4, -0.2) is 36.1 Å². The molecule has 3 heteroatoms. The standard InChI is InChI=1S/C17H29N3/c1-4-20(13-15-7-10-18-11-8-15)14-17(2,3)16-6-5-9-19-12-16/h7-8,10-11,16,19H,4-6,9,12-14H2,1-3H3. The molecule has 0 aliphatic carbocycles. The van der Waals surface area contributed by atoms with E-state index in [0.29, 0.717) is 5.41 Å². The number of aromatic nitrogens is 1. The van der Waals surface area contributed by atoms with Crippen LogP contribution in [-0.2, 0) is 6.54 Å². The van der Waals surface area contributed by atoms with Crippen LogP contribution in [0.25, 0.3) is 0 Å². The summed E-state index contributed by atoms with van der Waals surface area (Å²) in [7, 11) is 0. The molecule has 1 saturated heterocycles. The largest absolute Gasteiger partial charge is 0.316 e. The molecule has 1 atom stereocenters. The van der Waals surface area contributed by atoms with E-state index in [-0.39, 0.29) is 0 Å². The van der Waals surface area contributed by atoms with Gasteiger partial charge in [-0.3, -0.25) is 9.88 Å². The molecule has 0 spiro atoms. The molecule has 1 aromatic rings. The number of hydrogen-bond donors (Lipinski definition) is 1. The van der Waals surface area contributed by atoms with Gasteiger partial charge in [0.1, 0.15) is 0 Å². The van der Waals surface area contributed by atoms with E-state index in [4.69, 9.17) is 0 Å². The Kier molecular flexibility index (Phi) is 5.55. The van der Waals surface area contributed by atoms with Gasteiger partial charge in [0.25, 0.3) is 0 Å². The summed E-state index contributed by atoms with van der Waals surface area (Å²) in [5, 5.41) is 3.56. The monoisotopic (exact) mass is 275 g/mol. The molecule has 1 unspecified atom stereocenters. The second kappa shape index (κ2) is 7.19. The molecule has 0 radical (unpaired) electrons. The van der Waals surface area contributed by atoms with E-state index >= 15 is 0 Å². The van der Waals surface area contributed by atoms with Gasteiger partial charge in [0.05, 0.1) is 0 Å². The average Bonchev–Trinajstić information content (AvgIpc) is 2.48. The fraction of sp³-hybridized carbons (Fsp3) is 0.706. The molecule has 1 aliphatic heterocycles. The van der Waals surface area contributed by atoms with Crippen LogP contribution < -0.4 is 5.32 Å². The zero-order valence-corrected chi connectivity index (χ0v) is 13.2. The van der Waals surface area contributed by atoms with E-state index in [1.165, 1.54) is 31.5 Å². The Balaban J connectivity index is 1.94. The third-order valence-electron chi connectivity index (χ3n) is 4.64. The van der Waals surface area contributed by atoms with Crippen LogP contribution in [0.15, 0.2) is 24.5 Å². The van der Waals surface area contributed by atoms with Gasteiger partial charge in [-0.25, -0.2) is 0 Å². The summed E-state index contributed by atoms with van der Waals surface area (Å²) in [4.78, 5) is 6.66. The summed E-state index contributed by atoms with van der Waals surface area (Å²) in [6.07, 6.45) is 6.47. The highest BCUT2D eigenvalue weighted by Gasteiger charge is 2.31. The quantitative estimate of drug-likeness (QED) is 0.865. The smallest absolute Gasteiger partial charge is 0.0271 e. The van der Waals surface area contributed by atoms with E-state index in [2.05, 4.69) is 48.1 Å². The highest BCUT2D eigenvalue weighted by molar-refractivity contribution is 5.09. The Morgan fingerprint density at radius 2 is 2.10 bits per heavy atom. The molecule has 2 heterocycles. The molecule has 2 rings (SSSR count). The van der Waals surface area contributed by atoms with Crippen molar-refractivity contribution in [3.63, 3.8) is 0 Å². The maximum Gasteiger partial charge on any atom is 0.0271 e. The van der Waals surface area contributed by atoms with Gasteiger partial charge in [-0.1, -0.05) is 20.8 Å². The number of piperidine rings is 1. The maximum atomic E-state index is 4.10. The molecule has 0 bridgehead atoms. The summed E-state index contributed by atoms with van der Waals surface area (Å²) in [5.41, 5.74) is 1.73. The van der Waals surface area contributed by atoms with Crippen LogP contribution in [0.1, 0.15) is 39.2 Å². The first-order valence-corrected chi connectivity index (χ1v) is 7.94. The Morgan fingerprint density at radius 1 is 1.35 bits per heavy atom. The predicted octanol–water partition coefficient (Wildman–Crippen LogP) is 2.93. The molecule has 112 valence electrons. The third-order valence-corrected chi connectivity index (χ3v) is 4.64. The van der Waals surface area contributed by atoms with Crippen LogP contribution in [0.4, 0.5) is 0 Å². The SMILES string of the molecule is CCN(Cc1ccncc1)CC(C)(C)C1CCCNC1. The second-order valence-corrected chi connectivity index (χ2v) is 6.69. The topological polar surface area (TPSA) is 28.2 Å². The molecule has 1 N–H and O–H groups in total. The molecular formula is C17H29N3. The number of hydrogen-bond acceptors (Lipinski definition) is 3. The molecular weight excluding hydrogens is 246 g/mol. The second-order valence-electron chi connectivity index (χ2n) is 6.69. The van der Waals surface area contributed by atoms with Crippen molar-refractivity contribution in [1.82, 2.24) is 15.2 Å². The van der Waals surface area contributed by atoms with Crippen molar-refractivity contribution in [3.8, 4) is 0 Å². The van der Waals surface area contributed by atoms with Crippen LogP contribution in [0.5, 0.6) is 0 Å². The summed E-state index contributed by atoms with van der Waals surface area (Å²) in [6, 6.07) is 4.25. The summed E-state index contributed by atoms with van der Waals surface area (Å²) in [6.45, 7) is 12.8. The summed E-state index contributed by atoms with van der Waals surface area (Å²) >= 11 is 0. The fourth-order valence-corrected chi connectivity index (χ4v) is 3.25. The Labute approximate surface area is 123 Å². The summed E-state index contributed by atoms with van der Waals surface area (Å²) < 4.78 is 0. The predicted molar refractivity (Wildman–Crippen MR) is 84.6 cm³/mol. The first kappa shape index (κ1) is 15.5. The molecule has 0 aromatic carbocycles. The van der Waals surface area contributed by atoms with Crippen molar-refractivity contribution in [2.45, 2.75) is 40.2 Å². The number of pyridine rings is 1. The van der Waals surface area contributed by atoms with Gasteiger partial charge in [-0.15, -0.1) is 0 Å². The van der Waals surface area contributed by atoms with E-state index in [1.807, 2.05) is 12.4 Å². The lowest BCUT2D eigenvalue weighted by molar-refractivity contribution is 0.0993. The van der Waals surface area contributed by atoms with Gasteiger partial charge in [-0.2, -0.15) is 0 Å². The maximum absolute atomic E-state index is 4.10. The minimum atomic E-state index is 0.371. The summed E-state index contributed by atoms with van der Waals surface area (Å²) in [5.74, 6) is 0.794. The fourth-order valence-electron chi connectivity index (χ4n) is 3.25. The van der Waals surface area contributed by atoms with Gasteiger partial charge in [0.2, 0.25) is 0 Å². The highest BCUT2D eigenvalue weighted by atomic mass is 15.1. The van der Waals surface area contributed by atoms with E-state index in [9.17, 15) is 0 Å². The minimum absolute atomic E-state index is 0.371. The van der Waals surface area contributed by atoms with Crippen molar-refractivity contribution >= 4 is 0 Å². The third kappa shape index (κ3) is 4.29. The van der Waals surface area contributed by atoms with Crippen molar-refractivity contribution in [2.75, 3.05) is 26.2 Å². The van der Waals surface area contributed by atoms with Gasteiger partial charge in [0.15, 0.2) is 0 Å². The number of rotatable bonds is 6. The van der Waals surface area contributed by atoms with Crippen LogP contribution in [0.2, 0.25) is 0 Å². The van der Waals surface area contributed by atoms with E-state index < -0.39 is 0 Å². The molecule has 0 amide bonds. The number of nitrogens with zero attached hydrogens (tertiary/aromatic N) is 2. The van der Waals surface area contributed by atoms with Crippen molar-refractivity contribution in [1.29, 1.82) is 0 Å². The molecule has 1 aliphatic rings. The van der Waals surface area contributed by atoms with Crippen molar-refractivity contribution in [3.05, 3.63) is 30.1 Å². The van der Waals surface area contributed by atoms with Crippen LogP contribution >= 0.6 is 0 Å². The lowest BCUT2D eigenvalue weighted by Gasteiger charge is -2.40. The number of nitrogens with one attached hydrogen (secondary N) is 1. The van der Waals surface area contributed by atoms with Crippen LogP contribution in [0.3, 0.4) is 0 Å². The Morgan fingerprint density at radius 3 is 2.70 bits per heavy atom. The minimum Gasteiger partial charge on any atom is -0.316 e. The molecule has 0 saturated carbocycles. The Bertz CT molecular complexity index is 382. The van der Waals surface area contributed by atoms with Crippen LogP contribution in [0, 0.1) is 11.3 Å². The van der Waals surface area contributed by atoms with Crippen molar-refractivity contribution < 1.29 is 0 Å². The Hall–Kier alpha value is -0.930. The highest BCUT2D eigenvalue weighted by Crippen LogP contribution is 2.32. The zero-order valence-electron chi connectivity index (χ0n) is 13.2. The van der Waals surface area contributed by atoms with E-state index in [0.717, 1.165) is 25.6 Å². The lowest BCUT2D eigenvalue weighted by Crippen LogP contribution is -2.44. The lowest BCUT2D eigenvalue weighted by atomic mass is 9.74. The molecule has 3 nitrogen and oxygen atoms in total. The molecule has 20 heavy (non-hydrogen) atoms. The van der Waals surface area contributed by atoms with Gasteiger partial charge in [0, 0.05) is 25.5 Å². The average molecular weight is 275 g/mol. The molecule has 1 aromatic heterocycles. The van der Waals surface area contributed by atoms with Gasteiger partial charge in [-0.05, 0) is 61.5 Å². The normalized spacial score (nSPS) is 20.3.